The average Bonchev–Trinajstić information content (AvgIpc) is 2.44. The van der Waals surface area contributed by atoms with E-state index in [4.69, 9.17) is 4.74 Å². The first-order chi connectivity index (χ1) is 9.67. The van der Waals surface area contributed by atoms with Gasteiger partial charge in [-0.05, 0) is 55.7 Å². The molecule has 110 valence electrons. The number of Topliss-reactive ketones (excluding diaryl/α,β-unsaturated/α-hetero) is 1. The zero-order valence-electron chi connectivity index (χ0n) is 12.9. The third kappa shape index (κ3) is 3.49. The summed E-state index contributed by atoms with van der Waals surface area (Å²) in [6, 6.07) is 6.22. The fourth-order valence-electron chi connectivity index (χ4n) is 3.07. The summed E-state index contributed by atoms with van der Waals surface area (Å²) in [5.41, 5.74) is 3.57. The molecule has 0 radical (unpaired) electrons. The molecule has 0 N–H and O–H groups in total. The first-order valence-electron chi connectivity index (χ1n) is 7.94. The zero-order chi connectivity index (χ0) is 14.5. The van der Waals surface area contributed by atoms with Gasteiger partial charge in [-0.1, -0.05) is 26.0 Å². The molecule has 20 heavy (non-hydrogen) atoms. The number of hydrogen-bond acceptors (Lipinski definition) is 2. The van der Waals surface area contributed by atoms with Crippen LogP contribution < -0.4 is 0 Å². The Kier molecular flexibility index (Phi) is 5.36. The minimum Gasteiger partial charge on any atom is -0.378 e. The molecule has 1 aliphatic rings. The molecule has 2 rings (SSSR count). The summed E-state index contributed by atoms with van der Waals surface area (Å²) in [4.78, 5) is 12.3. The minimum atomic E-state index is 0.294. The van der Waals surface area contributed by atoms with E-state index in [1.807, 2.05) is 13.0 Å². The molecule has 1 aromatic carbocycles. The van der Waals surface area contributed by atoms with Crippen molar-refractivity contribution in [3.8, 4) is 0 Å². The van der Waals surface area contributed by atoms with E-state index in [0.717, 1.165) is 37.9 Å². The first-order valence-corrected chi connectivity index (χ1v) is 7.94. The molecule has 0 bridgehead atoms. The van der Waals surface area contributed by atoms with Crippen LogP contribution in [0.3, 0.4) is 0 Å². The van der Waals surface area contributed by atoms with Crippen molar-refractivity contribution >= 4 is 5.78 Å². The fourth-order valence-corrected chi connectivity index (χ4v) is 3.07. The molecule has 2 heteroatoms. The van der Waals surface area contributed by atoms with Crippen molar-refractivity contribution in [1.29, 1.82) is 0 Å². The maximum atomic E-state index is 12.3. The molecule has 0 saturated heterocycles. The Labute approximate surface area is 122 Å². The molecule has 0 amide bonds. The Morgan fingerprint density at radius 1 is 1.15 bits per heavy atom. The largest absolute Gasteiger partial charge is 0.378 e. The number of carbonyl (C=O) groups excluding carboxylic acids is 1. The van der Waals surface area contributed by atoms with Gasteiger partial charge in [-0.25, -0.2) is 0 Å². The van der Waals surface area contributed by atoms with Crippen molar-refractivity contribution in [2.45, 2.75) is 59.0 Å². The highest BCUT2D eigenvalue weighted by molar-refractivity contribution is 5.96. The summed E-state index contributed by atoms with van der Waals surface area (Å²) in [6.45, 7) is 7.13. The number of ketones is 1. The zero-order valence-corrected chi connectivity index (χ0v) is 12.9. The Morgan fingerprint density at radius 3 is 2.45 bits per heavy atom. The summed E-state index contributed by atoms with van der Waals surface area (Å²) in [6.07, 6.45) is 5.21. The molecule has 0 aromatic heterocycles. The van der Waals surface area contributed by atoms with Gasteiger partial charge < -0.3 is 4.74 Å². The molecular weight excluding hydrogens is 248 g/mol. The summed E-state index contributed by atoms with van der Waals surface area (Å²) in [5, 5.41) is 0. The van der Waals surface area contributed by atoms with Crippen LogP contribution in [0.4, 0.5) is 0 Å². The smallest absolute Gasteiger partial charge is 0.163 e. The highest BCUT2D eigenvalue weighted by atomic mass is 16.5. The van der Waals surface area contributed by atoms with Gasteiger partial charge in [-0.3, -0.25) is 4.79 Å². The van der Waals surface area contributed by atoms with Crippen LogP contribution in [0.5, 0.6) is 0 Å². The Bertz CT molecular complexity index is 458. The second kappa shape index (κ2) is 7.03. The summed E-state index contributed by atoms with van der Waals surface area (Å²) >= 11 is 0. The van der Waals surface area contributed by atoms with Crippen molar-refractivity contribution in [3.63, 3.8) is 0 Å². The van der Waals surface area contributed by atoms with E-state index in [1.165, 1.54) is 11.1 Å². The normalized spacial score (nSPS) is 21.6. The van der Waals surface area contributed by atoms with Gasteiger partial charge in [0.15, 0.2) is 5.78 Å². The average molecular weight is 274 g/mol. The van der Waals surface area contributed by atoms with Crippen LogP contribution in [0.15, 0.2) is 18.2 Å². The SMILES string of the molecule is CCOC1CC(CC(=O)c2ccc(CC)c(CC)c2)C1. The molecule has 1 fully saturated rings. The van der Waals surface area contributed by atoms with Crippen molar-refractivity contribution in [1.82, 2.24) is 0 Å². The van der Waals surface area contributed by atoms with E-state index in [2.05, 4.69) is 26.0 Å². The third-order valence-corrected chi connectivity index (χ3v) is 4.36. The van der Waals surface area contributed by atoms with E-state index in [0.29, 0.717) is 24.2 Å². The summed E-state index contributed by atoms with van der Waals surface area (Å²) in [7, 11) is 0. The molecule has 1 aliphatic carbocycles. The molecule has 0 heterocycles. The molecule has 0 spiro atoms. The van der Waals surface area contributed by atoms with E-state index in [-0.39, 0.29) is 0 Å². The highest BCUT2D eigenvalue weighted by Crippen LogP contribution is 2.33. The number of ether oxygens (including phenoxy) is 1. The second-order valence-electron chi connectivity index (χ2n) is 5.73. The maximum Gasteiger partial charge on any atom is 0.163 e. The number of rotatable bonds is 7. The number of aryl methyl sites for hydroxylation is 2. The topological polar surface area (TPSA) is 26.3 Å². The lowest BCUT2D eigenvalue weighted by molar-refractivity contribution is -0.0246. The molecule has 1 saturated carbocycles. The Morgan fingerprint density at radius 2 is 1.85 bits per heavy atom. The van der Waals surface area contributed by atoms with Crippen molar-refractivity contribution < 1.29 is 9.53 Å². The number of hydrogen-bond donors (Lipinski definition) is 0. The van der Waals surface area contributed by atoms with E-state index < -0.39 is 0 Å². The van der Waals surface area contributed by atoms with Crippen LogP contribution in [-0.2, 0) is 17.6 Å². The standard InChI is InChI=1S/C18H26O2/c1-4-14-7-8-16(12-15(14)5-2)18(19)11-13-9-17(10-13)20-6-3/h7-8,12-13,17H,4-6,9-11H2,1-3H3. The molecule has 0 atom stereocenters. The summed E-state index contributed by atoms with van der Waals surface area (Å²) < 4.78 is 5.55. The maximum absolute atomic E-state index is 12.3. The number of benzene rings is 1. The van der Waals surface area contributed by atoms with Gasteiger partial charge in [0.25, 0.3) is 0 Å². The first kappa shape index (κ1) is 15.2. The van der Waals surface area contributed by atoms with Gasteiger partial charge in [0.2, 0.25) is 0 Å². The Balaban J connectivity index is 1.93. The van der Waals surface area contributed by atoms with Crippen molar-refractivity contribution in [3.05, 3.63) is 34.9 Å². The summed E-state index contributed by atoms with van der Waals surface area (Å²) in [5.74, 6) is 0.817. The van der Waals surface area contributed by atoms with Gasteiger partial charge in [-0.2, -0.15) is 0 Å². The van der Waals surface area contributed by atoms with Crippen molar-refractivity contribution in [2.24, 2.45) is 5.92 Å². The van der Waals surface area contributed by atoms with Crippen molar-refractivity contribution in [2.75, 3.05) is 6.61 Å². The fraction of sp³-hybridized carbons (Fsp3) is 0.611. The van der Waals surface area contributed by atoms with Crippen LogP contribution in [0.1, 0.15) is 61.5 Å². The van der Waals surface area contributed by atoms with Gasteiger partial charge in [0.1, 0.15) is 0 Å². The number of carbonyl (C=O) groups is 1. The monoisotopic (exact) mass is 274 g/mol. The van der Waals surface area contributed by atoms with Crippen LogP contribution in [0.2, 0.25) is 0 Å². The van der Waals surface area contributed by atoms with Gasteiger partial charge in [0.05, 0.1) is 6.10 Å². The molecule has 1 aromatic rings. The second-order valence-corrected chi connectivity index (χ2v) is 5.73. The lowest BCUT2D eigenvalue weighted by atomic mass is 9.78. The lowest BCUT2D eigenvalue weighted by Crippen LogP contribution is -2.32. The van der Waals surface area contributed by atoms with Crippen LogP contribution in [-0.4, -0.2) is 18.5 Å². The van der Waals surface area contributed by atoms with Crippen LogP contribution >= 0.6 is 0 Å². The minimum absolute atomic E-state index is 0.294. The van der Waals surface area contributed by atoms with E-state index in [1.54, 1.807) is 0 Å². The predicted molar refractivity (Wildman–Crippen MR) is 82.3 cm³/mol. The quantitative estimate of drug-likeness (QED) is 0.697. The van der Waals surface area contributed by atoms with E-state index in [9.17, 15) is 4.79 Å². The van der Waals surface area contributed by atoms with Crippen LogP contribution in [0, 0.1) is 5.92 Å². The molecule has 0 unspecified atom stereocenters. The third-order valence-electron chi connectivity index (χ3n) is 4.36. The van der Waals surface area contributed by atoms with Crippen LogP contribution in [0.25, 0.3) is 0 Å². The van der Waals surface area contributed by atoms with E-state index >= 15 is 0 Å². The highest BCUT2D eigenvalue weighted by Gasteiger charge is 2.31. The molecule has 0 aliphatic heterocycles. The Hall–Kier alpha value is -1.15. The molecular formula is C18H26O2. The lowest BCUT2D eigenvalue weighted by Gasteiger charge is -2.34. The predicted octanol–water partition coefficient (Wildman–Crippen LogP) is 4.20. The van der Waals surface area contributed by atoms with Gasteiger partial charge >= 0.3 is 0 Å². The van der Waals surface area contributed by atoms with Gasteiger partial charge in [-0.15, -0.1) is 0 Å². The van der Waals surface area contributed by atoms with Gasteiger partial charge in [0, 0.05) is 18.6 Å². The molecule has 2 nitrogen and oxygen atoms in total.